The largest absolute Gasteiger partial charge is 0.414 e. The van der Waals surface area contributed by atoms with Crippen LogP contribution >= 0.6 is 0 Å². The van der Waals surface area contributed by atoms with Gasteiger partial charge in [-0.3, -0.25) is 9.36 Å². The van der Waals surface area contributed by atoms with Gasteiger partial charge in [0.1, 0.15) is 6.33 Å². The Morgan fingerprint density at radius 1 is 1.03 bits per heavy atom. The Morgan fingerprint density at radius 2 is 1.62 bits per heavy atom. The van der Waals surface area contributed by atoms with Gasteiger partial charge in [0, 0.05) is 11.8 Å². The van der Waals surface area contributed by atoms with E-state index in [1.165, 1.54) is 6.33 Å². The van der Waals surface area contributed by atoms with Gasteiger partial charge in [0.2, 0.25) is 5.91 Å². The number of imidazole rings is 1. The molecule has 0 aromatic carbocycles. The fraction of sp³-hybridized carbons (Fsp3) is 0.786. The minimum Gasteiger partial charge on any atom is -0.414 e. The lowest BCUT2D eigenvalue weighted by Crippen LogP contribution is -2.46. The number of anilines is 1. The smallest absolute Gasteiger partial charge is 0.230 e. The summed E-state index contributed by atoms with van der Waals surface area (Å²) in [6, 6.07) is 0. The minimum atomic E-state index is -2.13. The summed E-state index contributed by atoms with van der Waals surface area (Å²) in [4.78, 5) is 26.2. The molecular formula is C28H51N5O4Si2. The van der Waals surface area contributed by atoms with Crippen molar-refractivity contribution in [3.8, 4) is 0 Å². The summed E-state index contributed by atoms with van der Waals surface area (Å²) < 4.78 is 22.4. The quantitative estimate of drug-likeness (QED) is 0.357. The lowest BCUT2D eigenvalue weighted by molar-refractivity contribution is -0.123. The van der Waals surface area contributed by atoms with E-state index < -0.39 is 33.9 Å². The van der Waals surface area contributed by atoms with Crippen LogP contribution in [-0.4, -0.2) is 60.4 Å². The van der Waals surface area contributed by atoms with Gasteiger partial charge in [-0.1, -0.05) is 62.3 Å². The molecule has 2 aromatic heterocycles. The molecule has 1 amide bonds. The van der Waals surface area contributed by atoms with Crippen molar-refractivity contribution in [2.75, 3.05) is 11.9 Å². The van der Waals surface area contributed by atoms with E-state index in [2.05, 4.69) is 94.9 Å². The van der Waals surface area contributed by atoms with Crippen LogP contribution in [0.2, 0.25) is 36.3 Å². The van der Waals surface area contributed by atoms with Crippen LogP contribution in [0.5, 0.6) is 0 Å². The van der Waals surface area contributed by atoms with Crippen molar-refractivity contribution in [3.05, 3.63) is 12.7 Å². The van der Waals surface area contributed by atoms with E-state index >= 15 is 0 Å². The zero-order valence-electron chi connectivity index (χ0n) is 26.6. The average molecular weight is 578 g/mol. The summed E-state index contributed by atoms with van der Waals surface area (Å²) in [5.41, 5.74) is 0.0104. The molecule has 2 aromatic rings. The summed E-state index contributed by atoms with van der Waals surface area (Å²) in [5, 5.41) is 3.06. The van der Waals surface area contributed by atoms with Crippen LogP contribution in [-0.2, 0) is 18.4 Å². The van der Waals surface area contributed by atoms with Crippen molar-refractivity contribution >= 4 is 39.5 Å². The number of ether oxygens (including phenoxy) is 1. The Labute approximate surface area is 237 Å². The van der Waals surface area contributed by atoms with E-state index in [-0.39, 0.29) is 22.1 Å². The van der Waals surface area contributed by atoms with E-state index in [1.807, 2.05) is 25.3 Å². The summed E-state index contributed by atoms with van der Waals surface area (Å²) >= 11 is 0. The lowest BCUT2D eigenvalue weighted by Gasteiger charge is -2.39. The van der Waals surface area contributed by atoms with Crippen LogP contribution in [0.1, 0.15) is 81.9 Å². The van der Waals surface area contributed by atoms with Gasteiger partial charge in [-0.2, -0.15) is 0 Å². The number of nitrogens with zero attached hydrogens (tertiary/aromatic N) is 4. The van der Waals surface area contributed by atoms with Crippen molar-refractivity contribution in [2.24, 2.45) is 5.41 Å². The normalized spacial score (nSPS) is 23.4. The first-order chi connectivity index (χ1) is 17.5. The number of hydrogen-bond acceptors (Lipinski definition) is 7. The number of hydrogen-bond donors (Lipinski definition) is 1. The SMILES string of the molecule is CC(C)(C)C(=O)Nc1ncnc2c1ncn2[C@@H]1O[C@@](C)(CO[Si](C)(C)C(C)(C)C)C[C@H]1O[Si](C)(C)C(C)(C)C. The fourth-order valence-electron chi connectivity index (χ4n) is 3.90. The van der Waals surface area contributed by atoms with Crippen LogP contribution < -0.4 is 5.32 Å². The monoisotopic (exact) mass is 577 g/mol. The van der Waals surface area contributed by atoms with Gasteiger partial charge < -0.3 is 18.9 Å². The number of nitrogens with one attached hydrogen (secondary N) is 1. The van der Waals surface area contributed by atoms with Gasteiger partial charge >= 0.3 is 0 Å². The average Bonchev–Trinajstić information content (AvgIpc) is 3.31. The summed E-state index contributed by atoms with van der Waals surface area (Å²) in [5.74, 6) is 0.256. The lowest BCUT2D eigenvalue weighted by atomic mass is 9.96. The van der Waals surface area contributed by atoms with Gasteiger partial charge in [0.25, 0.3) is 0 Å². The second-order valence-electron chi connectivity index (χ2n) is 15.4. The Bertz CT molecular complexity index is 1190. The summed E-state index contributed by atoms with van der Waals surface area (Å²) in [7, 11) is -4.11. The molecule has 0 spiro atoms. The highest BCUT2D eigenvalue weighted by atomic mass is 28.4. The van der Waals surface area contributed by atoms with Gasteiger partial charge in [-0.25, -0.2) is 15.0 Å². The maximum Gasteiger partial charge on any atom is 0.230 e. The number of carbonyl (C=O) groups is 1. The highest BCUT2D eigenvalue weighted by Crippen LogP contribution is 2.46. The second-order valence-corrected chi connectivity index (χ2v) is 24.9. The first-order valence-corrected chi connectivity index (χ1v) is 19.8. The Kier molecular flexibility index (Phi) is 8.42. The van der Waals surface area contributed by atoms with E-state index in [0.717, 1.165) is 0 Å². The maximum atomic E-state index is 12.7. The Hall–Kier alpha value is -1.67. The molecule has 0 saturated carbocycles. The van der Waals surface area contributed by atoms with E-state index in [0.29, 0.717) is 30.0 Å². The first-order valence-electron chi connectivity index (χ1n) is 14.0. The molecule has 1 saturated heterocycles. The van der Waals surface area contributed by atoms with Crippen molar-refractivity contribution in [3.63, 3.8) is 0 Å². The zero-order chi connectivity index (χ0) is 29.8. The Balaban J connectivity index is 2.00. The highest BCUT2D eigenvalue weighted by Gasteiger charge is 2.51. The molecule has 9 nitrogen and oxygen atoms in total. The molecule has 3 rings (SSSR count). The molecule has 1 aliphatic rings. The van der Waals surface area contributed by atoms with Crippen LogP contribution in [0, 0.1) is 5.41 Å². The van der Waals surface area contributed by atoms with Gasteiger partial charge in [-0.05, 0) is 43.2 Å². The van der Waals surface area contributed by atoms with E-state index in [4.69, 9.17) is 13.6 Å². The van der Waals surface area contributed by atoms with Crippen molar-refractivity contribution in [1.29, 1.82) is 0 Å². The van der Waals surface area contributed by atoms with Crippen LogP contribution in [0.4, 0.5) is 5.82 Å². The summed E-state index contributed by atoms with van der Waals surface area (Å²) in [6.07, 6.45) is 3.21. The number of rotatable bonds is 7. The fourth-order valence-corrected chi connectivity index (χ4v) is 6.31. The predicted octanol–water partition coefficient (Wildman–Crippen LogP) is 6.90. The first kappa shape index (κ1) is 31.9. The predicted molar refractivity (Wildman–Crippen MR) is 162 cm³/mol. The van der Waals surface area contributed by atoms with Crippen molar-refractivity contribution in [2.45, 2.75) is 130 Å². The molecule has 11 heteroatoms. The van der Waals surface area contributed by atoms with Crippen LogP contribution in [0.3, 0.4) is 0 Å². The highest BCUT2D eigenvalue weighted by molar-refractivity contribution is 6.74. The minimum absolute atomic E-state index is 0.0394. The van der Waals surface area contributed by atoms with Gasteiger partial charge in [0.05, 0.1) is 24.6 Å². The van der Waals surface area contributed by atoms with Gasteiger partial charge in [-0.15, -0.1) is 0 Å². The topological polar surface area (TPSA) is 100 Å². The van der Waals surface area contributed by atoms with E-state index in [9.17, 15) is 4.79 Å². The molecule has 3 atom stereocenters. The number of carbonyl (C=O) groups excluding carboxylic acids is 1. The second kappa shape index (κ2) is 10.3. The maximum absolute atomic E-state index is 12.7. The molecule has 0 aliphatic carbocycles. The van der Waals surface area contributed by atoms with Gasteiger partial charge in [0.15, 0.2) is 39.8 Å². The number of fused-ring (bicyclic) bond motifs is 1. The van der Waals surface area contributed by atoms with Crippen LogP contribution in [0.25, 0.3) is 11.2 Å². The molecule has 1 aliphatic heterocycles. The van der Waals surface area contributed by atoms with E-state index in [1.54, 1.807) is 6.33 Å². The standard InChI is InChI=1S/C28H51N5O4Si2/c1-25(2,3)24(34)32-21-20-22(30-17-29-21)33(18-31-20)23-19(37-39(13,14)27(7,8)9)15-28(10,36-23)16-35-38(11,12)26(4,5)6/h17-19,23H,15-16H2,1-14H3,(H,29,30,32,34)/t19-,23-,28-/m1/s1. The van der Waals surface area contributed by atoms with Crippen LogP contribution in [0.15, 0.2) is 12.7 Å². The molecular weight excluding hydrogens is 527 g/mol. The zero-order valence-corrected chi connectivity index (χ0v) is 28.6. The molecule has 220 valence electrons. The number of amides is 1. The third-order valence-electron chi connectivity index (χ3n) is 8.70. The third-order valence-corrected chi connectivity index (χ3v) is 17.7. The molecule has 0 radical (unpaired) electrons. The number of aromatic nitrogens is 4. The summed E-state index contributed by atoms with van der Waals surface area (Å²) in [6.45, 7) is 30.7. The molecule has 1 fully saturated rings. The molecule has 1 N–H and O–H groups in total. The third kappa shape index (κ3) is 6.81. The molecule has 0 unspecified atom stereocenters. The van der Waals surface area contributed by atoms with Crippen molar-refractivity contribution < 1.29 is 18.4 Å². The molecule has 0 bridgehead atoms. The molecule has 3 heterocycles. The Morgan fingerprint density at radius 3 is 2.15 bits per heavy atom. The molecule has 39 heavy (non-hydrogen) atoms. The van der Waals surface area contributed by atoms with Crippen molar-refractivity contribution in [1.82, 2.24) is 19.5 Å².